The Balaban J connectivity index is 2.28. The Morgan fingerprint density at radius 2 is 1.85 bits per heavy atom. The molecular formula is C17H20FNO. The van der Waals surface area contributed by atoms with Gasteiger partial charge in [-0.2, -0.15) is 0 Å². The molecule has 0 aliphatic rings. The van der Waals surface area contributed by atoms with Crippen molar-refractivity contribution in [2.75, 3.05) is 13.7 Å². The molecule has 106 valence electrons. The lowest BCUT2D eigenvalue weighted by Crippen LogP contribution is -2.16. The highest BCUT2D eigenvalue weighted by molar-refractivity contribution is 5.40. The lowest BCUT2D eigenvalue weighted by atomic mass is 9.90. The molecule has 1 unspecified atom stereocenters. The van der Waals surface area contributed by atoms with Gasteiger partial charge in [-0.05, 0) is 49.2 Å². The van der Waals surface area contributed by atoms with Crippen LogP contribution >= 0.6 is 0 Å². The van der Waals surface area contributed by atoms with Gasteiger partial charge in [0, 0.05) is 5.92 Å². The summed E-state index contributed by atoms with van der Waals surface area (Å²) >= 11 is 0. The third kappa shape index (κ3) is 3.36. The van der Waals surface area contributed by atoms with E-state index in [0.717, 1.165) is 23.3 Å². The number of benzene rings is 2. The van der Waals surface area contributed by atoms with E-state index in [4.69, 9.17) is 10.5 Å². The molecule has 2 aromatic rings. The summed E-state index contributed by atoms with van der Waals surface area (Å²) in [5.41, 5.74) is 9.29. The quantitative estimate of drug-likeness (QED) is 0.906. The van der Waals surface area contributed by atoms with Crippen LogP contribution in [0.15, 0.2) is 42.5 Å². The van der Waals surface area contributed by atoms with Crippen molar-refractivity contribution in [3.05, 3.63) is 65.0 Å². The fourth-order valence-corrected chi connectivity index (χ4v) is 2.40. The summed E-state index contributed by atoms with van der Waals surface area (Å²) in [6, 6.07) is 12.7. The minimum absolute atomic E-state index is 0.162. The molecule has 2 N–H and O–H groups in total. The van der Waals surface area contributed by atoms with Crippen LogP contribution in [-0.2, 0) is 6.42 Å². The van der Waals surface area contributed by atoms with Crippen molar-refractivity contribution < 1.29 is 9.13 Å². The van der Waals surface area contributed by atoms with E-state index in [1.54, 1.807) is 19.2 Å². The second kappa shape index (κ2) is 6.53. The number of ether oxygens (including phenoxy) is 1. The standard InChI is InChI=1S/C17H20FNO/c1-12-3-8-17(20-2)16(9-12)14(11-19)10-13-4-6-15(18)7-5-13/h3-9,14H,10-11,19H2,1-2H3. The van der Waals surface area contributed by atoms with E-state index in [2.05, 4.69) is 13.0 Å². The first kappa shape index (κ1) is 14.5. The second-order valence-electron chi connectivity index (χ2n) is 5.01. The van der Waals surface area contributed by atoms with Gasteiger partial charge >= 0.3 is 0 Å². The Kier molecular flexibility index (Phi) is 4.74. The van der Waals surface area contributed by atoms with Crippen molar-refractivity contribution in [2.24, 2.45) is 5.73 Å². The second-order valence-corrected chi connectivity index (χ2v) is 5.01. The van der Waals surface area contributed by atoms with Crippen molar-refractivity contribution >= 4 is 0 Å². The number of rotatable bonds is 5. The molecule has 20 heavy (non-hydrogen) atoms. The highest BCUT2D eigenvalue weighted by Crippen LogP contribution is 2.29. The van der Waals surface area contributed by atoms with E-state index in [-0.39, 0.29) is 11.7 Å². The number of methoxy groups -OCH3 is 1. The molecule has 0 bridgehead atoms. The Morgan fingerprint density at radius 3 is 2.45 bits per heavy atom. The van der Waals surface area contributed by atoms with Crippen LogP contribution in [0.3, 0.4) is 0 Å². The fourth-order valence-electron chi connectivity index (χ4n) is 2.40. The third-order valence-corrected chi connectivity index (χ3v) is 3.50. The number of nitrogens with two attached hydrogens (primary N) is 1. The molecule has 0 aromatic heterocycles. The van der Waals surface area contributed by atoms with E-state index in [1.165, 1.54) is 17.7 Å². The van der Waals surface area contributed by atoms with Gasteiger partial charge in [0.15, 0.2) is 0 Å². The van der Waals surface area contributed by atoms with Gasteiger partial charge in [-0.25, -0.2) is 4.39 Å². The minimum Gasteiger partial charge on any atom is -0.496 e. The van der Waals surface area contributed by atoms with Crippen molar-refractivity contribution in [1.29, 1.82) is 0 Å². The average Bonchev–Trinajstić information content (AvgIpc) is 2.46. The summed E-state index contributed by atoms with van der Waals surface area (Å²) in [7, 11) is 1.67. The average molecular weight is 273 g/mol. The van der Waals surface area contributed by atoms with Crippen molar-refractivity contribution in [3.8, 4) is 5.75 Å². The smallest absolute Gasteiger partial charge is 0.123 e. The van der Waals surface area contributed by atoms with Gasteiger partial charge < -0.3 is 10.5 Å². The van der Waals surface area contributed by atoms with Gasteiger partial charge in [-0.1, -0.05) is 29.8 Å². The van der Waals surface area contributed by atoms with Crippen LogP contribution in [0.5, 0.6) is 5.75 Å². The van der Waals surface area contributed by atoms with E-state index in [0.29, 0.717) is 6.54 Å². The first-order valence-corrected chi connectivity index (χ1v) is 6.73. The third-order valence-electron chi connectivity index (χ3n) is 3.50. The molecule has 0 saturated carbocycles. The van der Waals surface area contributed by atoms with Crippen molar-refractivity contribution in [1.82, 2.24) is 0 Å². The normalized spacial score (nSPS) is 12.2. The summed E-state index contributed by atoms with van der Waals surface area (Å²) in [5.74, 6) is 0.801. The Bertz CT molecular complexity index is 566. The maximum Gasteiger partial charge on any atom is 0.123 e. The molecule has 2 rings (SSSR count). The first-order chi connectivity index (χ1) is 9.63. The topological polar surface area (TPSA) is 35.2 Å². The molecule has 3 heteroatoms. The van der Waals surface area contributed by atoms with Gasteiger partial charge in [0.1, 0.15) is 11.6 Å². The van der Waals surface area contributed by atoms with Gasteiger partial charge in [-0.15, -0.1) is 0 Å². The summed E-state index contributed by atoms with van der Waals surface area (Å²) < 4.78 is 18.4. The van der Waals surface area contributed by atoms with Gasteiger partial charge in [0.05, 0.1) is 7.11 Å². The number of aryl methyl sites for hydroxylation is 1. The molecular weight excluding hydrogens is 253 g/mol. The van der Waals surface area contributed by atoms with Crippen LogP contribution < -0.4 is 10.5 Å². The molecule has 2 aromatic carbocycles. The number of hydrogen-bond acceptors (Lipinski definition) is 2. The monoisotopic (exact) mass is 273 g/mol. The Hall–Kier alpha value is -1.87. The minimum atomic E-state index is -0.216. The van der Waals surface area contributed by atoms with Gasteiger partial charge in [-0.3, -0.25) is 0 Å². The van der Waals surface area contributed by atoms with Crippen LogP contribution in [0.2, 0.25) is 0 Å². The maximum absolute atomic E-state index is 13.0. The zero-order chi connectivity index (χ0) is 14.5. The van der Waals surface area contributed by atoms with Crippen LogP contribution in [0.1, 0.15) is 22.6 Å². The molecule has 0 aliphatic heterocycles. The molecule has 2 nitrogen and oxygen atoms in total. The van der Waals surface area contributed by atoms with E-state index >= 15 is 0 Å². The van der Waals surface area contributed by atoms with E-state index in [9.17, 15) is 4.39 Å². The largest absolute Gasteiger partial charge is 0.496 e. The van der Waals surface area contributed by atoms with Crippen LogP contribution in [-0.4, -0.2) is 13.7 Å². The highest BCUT2D eigenvalue weighted by Gasteiger charge is 2.15. The molecule has 1 atom stereocenters. The predicted octanol–water partition coefficient (Wildman–Crippen LogP) is 3.43. The zero-order valence-corrected chi connectivity index (χ0v) is 11.9. The van der Waals surface area contributed by atoms with Crippen molar-refractivity contribution in [3.63, 3.8) is 0 Å². The van der Waals surface area contributed by atoms with Gasteiger partial charge in [0.2, 0.25) is 0 Å². The first-order valence-electron chi connectivity index (χ1n) is 6.73. The lowest BCUT2D eigenvalue weighted by molar-refractivity contribution is 0.405. The Morgan fingerprint density at radius 1 is 1.15 bits per heavy atom. The van der Waals surface area contributed by atoms with Gasteiger partial charge in [0.25, 0.3) is 0 Å². The molecule has 0 heterocycles. The van der Waals surface area contributed by atoms with E-state index in [1.807, 2.05) is 12.1 Å². The molecule has 0 radical (unpaired) electrons. The molecule has 0 amide bonds. The molecule has 0 spiro atoms. The summed E-state index contributed by atoms with van der Waals surface area (Å²) in [6.45, 7) is 2.58. The summed E-state index contributed by atoms with van der Waals surface area (Å²) in [4.78, 5) is 0. The van der Waals surface area contributed by atoms with E-state index < -0.39 is 0 Å². The van der Waals surface area contributed by atoms with Crippen LogP contribution in [0, 0.1) is 12.7 Å². The SMILES string of the molecule is COc1ccc(C)cc1C(CN)Cc1ccc(F)cc1. The van der Waals surface area contributed by atoms with Crippen LogP contribution in [0.25, 0.3) is 0 Å². The number of halogens is 1. The maximum atomic E-state index is 13.0. The number of hydrogen-bond donors (Lipinski definition) is 1. The molecule has 0 saturated heterocycles. The van der Waals surface area contributed by atoms with Crippen molar-refractivity contribution in [2.45, 2.75) is 19.3 Å². The van der Waals surface area contributed by atoms with Crippen LogP contribution in [0.4, 0.5) is 4.39 Å². The zero-order valence-electron chi connectivity index (χ0n) is 11.9. The fraction of sp³-hybridized carbons (Fsp3) is 0.294. The summed E-state index contributed by atoms with van der Waals surface area (Å²) in [5, 5.41) is 0. The molecule has 0 fully saturated rings. The predicted molar refractivity (Wildman–Crippen MR) is 79.6 cm³/mol. The lowest BCUT2D eigenvalue weighted by Gasteiger charge is -2.19. The summed E-state index contributed by atoms with van der Waals surface area (Å²) in [6.07, 6.45) is 0.774. The molecule has 0 aliphatic carbocycles. The Labute approximate surface area is 119 Å². The highest BCUT2D eigenvalue weighted by atomic mass is 19.1.